The number of hydrogen-bond acceptors (Lipinski definition) is 5. The quantitative estimate of drug-likeness (QED) is 0.716. The second-order valence-electron chi connectivity index (χ2n) is 5.23. The average Bonchev–Trinajstić information content (AvgIpc) is 3.21. The maximum atomic E-state index is 12.7. The van der Waals surface area contributed by atoms with Gasteiger partial charge in [0.15, 0.2) is 11.5 Å². The molecular formula is C15H14N6O. The Hall–Kier alpha value is -2.83. The lowest BCUT2D eigenvalue weighted by atomic mass is 10.2. The van der Waals surface area contributed by atoms with Gasteiger partial charge < -0.3 is 4.90 Å². The highest BCUT2D eigenvalue weighted by molar-refractivity contribution is 5.92. The summed E-state index contributed by atoms with van der Waals surface area (Å²) < 4.78 is 1.94. The van der Waals surface area contributed by atoms with Crippen molar-refractivity contribution in [1.29, 1.82) is 0 Å². The normalized spacial score (nSPS) is 18.0. The van der Waals surface area contributed by atoms with Gasteiger partial charge in [-0.2, -0.15) is 0 Å². The van der Waals surface area contributed by atoms with Crippen LogP contribution >= 0.6 is 0 Å². The summed E-state index contributed by atoms with van der Waals surface area (Å²) in [5, 5.41) is 8.46. The van der Waals surface area contributed by atoms with Crippen molar-refractivity contribution in [3.63, 3.8) is 0 Å². The van der Waals surface area contributed by atoms with Crippen molar-refractivity contribution in [2.75, 3.05) is 6.54 Å². The Morgan fingerprint density at radius 2 is 2.18 bits per heavy atom. The molecule has 1 amide bonds. The van der Waals surface area contributed by atoms with Crippen molar-refractivity contribution in [3.05, 3.63) is 54.5 Å². The van der Waals surface area contributed by atoms with Gasteiger partial charge in [-0.1, -0.05) is 6.07 Å². The molecule has 0 spiro atoms. The van der Waals surface area contributed by atoms with Crippen molar-refractivity contribution < 1.29 is 4.79 Å². The first kappa shape index (κ1) is 12.9. The van der Waals surface area contributed by atoms with E-state index >= 15 is 0 Å². The van der Waals surface area contributed by atoms with E-state index < -0.39 is 0 Å². The number of nitrogens with zero attached hydrogens (tertiary/aromatic N) is 6. The van der Waals surface area contributed by atoms with Gasteiger partial charge in [0.25, 0.3) is 5.91 Å². The minimum atomic E-state index is -0.108. The molecule has 1 fully saturated rings. The number of fused-ring (bicyclic) bond motifs is 1. The number of pyridine rings is 1. The summed E-state index contributed by atoms with van der Waals surface area (Å²) in [6, 6.07) is 5.68. The number of likely N-dealkylation sites (tertiary alicyclic amines) is 1. The number of carbonyl (C=O) groups excluding carboxylic acids is 1. The Bertz CT molecular complexity index is 815. The molecule has 0 unspecified atom stereocenters. The number of carbonyl (C=O) groups is 1. The maximum Gasteiger partial charge on any atom is 0.274 e. The minimum Gasteiger partial charge on any atom is -0.327 e. The van der Waals surface area contributed by atoms with Crippen LogP contribution in [0.5, 0.6) is 0 Å². The van der Waals surface area contributed by atoms with Crippen LogP contribution < -0.4 is 0 Å². The fourth-order valence-corrected chi connectivity index (χ4v) is 2.92. The van der Waals surface area contributed by atoms with Gasteiger partial charge in [-0.25, -0.2) is 4.98 Å². The first-order valence-corrected chi connectivity index (χ1v) is 7.21. The molecule has 3 aromatic rings. The molecule has 7 nitrogen and oxygen atoms in total. The van der Waals surface area contributed by atoms with Gasteiger partial charge in [0.05, 0.1) is 12.2 Å². The van der Waals surface area contributed by atoms with Crippen LogP contribution in [0.1, 0.15) is 35.2 Å². The van der Waals surface area contributed by atoms with E-state index in [1.165, 1.54) is 12.4 Å². The van der Waals surface area contributed by atoms with Gasteiger partial charge in [-0.15, -0.1) is 10.2 Å². The Labute approximate surface area is 126 Å². The van der Waals surface area contributed by atoms with Crippen LogP contribution in [-0.4, -0.2) is 41.9 Å². The molecule has 3 aromatic heterocycles. The molecule has 1 aliphatic heterocycles. The van der Waals surface area contributed by atoms with E-state index in [4.69, 9.17) is 0 Å². The van der Waals surface area contributed by atoms with Crippen LogP contribution in [0.25, 0.3) is 5.65 Å². The SMILES string of the molecule is O=C(c1cnccn1)N1CCC[C@@H]1c1nnc2ccccn12. The fourth-order valence-electron chi connectivity index (χ4n) is 2.92. The average molecular weight is 294 g/mol. The molecular weight excluding hydrogens is 280 g/mol. The van der Waals surface area contributed by atoms with Gasteiger partial charge in [0, 0.05) is 25.1 Å². The molecule has 0 aromatic carbocycles. The van der Waals surface area contributed by atoms with E-state index in [0.29, 0.717) is 12.2 Å². The van der Waals surface area contributed by atoms with Crippen LogP contribution in [0.4, 0.5) is 0 Å². The summed E-state index contributed by atoms with van der Waals surface area (Å²) in [4.78, 5) is 22.5. The summed E-state index contributed by atoms with van der Waals surface area (Å²) in [7, 11) is 0. The maximum absolute atomic E-state index is 12.7. The van der Waals surface area contributed by atoms with E-state index in [9.17, 15) is 4.79 Å². The molecule has 4 heterocycles. The molecule has 0 saturated carbocycles. The van der Waals surface area contributed by atoms with Crippen LogP contribution in [0.2, 0.25) is 0 Å². The fraction of sp³-hybridized carbons (Fsp3) is 0.267. The summed E-state index contributed by atoms with van der Waals surface area (Å²) in [6.07, 6.45) is 8.34. The number of aromatic nitrogens is 5. The summed E-state index contributed by atoms with van der Waals surface area (Å²) in [6.45, 7) is 0.696. The highest BCUT2D eigenvalue weighted by Gasteiger charge is 2.34. The lowest BCUT2D eigenvalue weighted by Gasteiger charge is -2.22. The zero-order valence-corrected chi connectivity index (χ0v) is 11.8. The number of amides is 1. The van der Waals surface area contributed by atoms with Crippen LogP contribution in [0.3, 0.4) is 0 Å². The van der Waals surface area contributed by atoms with E-state index in [-0.39, 0.29) is 11.9 Å². The van der Waals surface area contributed by atoms with Gasteiger partial charge >= 0.3 is 0 Å². The lowest BCUT2D eigenvalue weighted by molar-refractivity contribution is 0.0722. The molecule has 4 rings (SSSR count). The smallest absolute Gasteiger partial charge is 0.274 e. The third kappa shape index (κ3) is 2.02. The predicted molar refractivity (Wildman–Crippen MR) is 78.0 cm³/mol. The van der Waals surface area contributed by atoms with Gasteiger partial charge in [0.2, 0.25) is 0 Å². The van der Waals surface area contributed by atoms with E-state index in [2.05, 4.69) is 20.2 Å². The van der Waals surface area contributed by atoms with E-state index in [1.807, 2.05) is 33.7 Å². The summed E-state index contributed by atoms with van der Waals surface area (Å²) >= 11 is 0. The first-order chi connectivity index (χ1) is 10.8. The van der Waals surface area contributed by atoms with Gasteiger partial charge in [-0.05, 0) is 25.0 Å². The summed E-state index contributed by atoms with van der Waals surface area (Å²) in [5.41, 5.74) is 1.15. The van der Waals surface area contributed by atoms with E-state index in [1.54, 1.807) is 6.20 Å². The lowest BCUT2D eigenvalue weighted by Crippen LogP contribution is -2.32. The zero-order valence-electron chi connectivity index (χ0n) is 11.8. The molecule has 110 valence electrons. The molecule has 0 radical (unpaired) electrons. The van der Waals surface area contributed by atoms with Crippen molar-refractivity contribution in [3.8, 4) is 0 Å². The summed E-state index contributed by atoms with van der Waals surface area (Å²) in [5.74, 6) is 0.689. The molecule has 0 bridgehead atoms. The van der Waals surface area contributed by atoms with Gasteiger partial charge in [0.1, 0.15) is 5.69 Å². The topological polar surface area (TPSA) is 76.3 Å². The monoisotopic (exact) mass is 294 g/mol. The standard InChI is InChI=1S/C15H14N6O/c22-15(11-10-16-6-7-17-11)20-9-3-4-12(20)14-19-18-13-5-1-2-8-21(13)14/h1-2,5-8,10,12H,3-4,9H2/t12-/m1/s1. The number of rotatable bonds is 2. The van der Waals surface area contributed by atoms with Crippen molar-refractivity contribution in [1.82, 2.24) is 29.5 Å². The molecule has 7 heteroatoms. The van der Waals surface area contributed by atoms with Gasteiger partial charge in [-0.3, -0.25) is 14.2 Å². The minimum absolute atomic E-state index is 0.0769. The van der Waals surface area contributed by atoms with Crippen LogP contribution in [0, 0.1) is 0 Å². The highest BCUT2D eigenvalue weighted by atomic mass is 16.2. The molecule has 1 saturated heterocycles. The molecule has 0 aliphatic carbocycles. The second-order valence-corrected chi connectivity index (χ2v) is 5.23. The van der Waals surface area contributed by atoms with Crippen LogP contribution in [-0.2, 0) is 0 Å². The Morgan fingerprint density at radius 3 is 3.05 bits per heavy atom. The third-order valence-electron chi connectivity index (χ3n) is 3.93. The molecule has 1 atom stereocenters. The van der Waals surface area contributed by atoms with Crippen molar-refractivity contribution in [2.45, 2.75) is 18.9 Å². The second kappa shape index (κ2) is 5.18. The Balaban J connectivity index is 1.71. The Morgan fingerprint density at radius 1 is 1.23 bits per heavy atom. The van der Waals surface area contributed by atoms with E-state index in [0.717, 1.165) is 24.3 Å². The molecule has 1 aliphatic rings. The van der Waals surface area contributed by atoms with Crippen LogP contribution in [0.15, 0.2) is 43.0 Å². The Kier molecular flexibility index (Phi) is 3.03. The first-order valence-electron chi connectivity index (χ1n) is 7.21. The molecule has 22 heavy (non-hydrogen) atoms. The van der Waals surface area contributed by atoms with Crippen molar-refractivity contribution >= 4 is 11.6 Å². The number of hydrogen-bond donors (Lipinski definition) is 0. The molecule has 0 N–H and O–H groups in total. The largest absolute Gasteiger partial charge is 0.327 e. The van der Waals surface area contributed by atoms with Crippen molar-refractivity contribution in [2.24, 2.45) is 0 Å². The highest BCUT2D eigenvalue weighted by Crippen LogP contribution is 2.31. The predicted octanol–water partition coefficient (Wildman–Crippen LogP) is 1.50. The zero-order chi connectivity index (χ0) is 14.9. The third-order valence-corrected chi connectivity index (χ3v) is 3.93.